The van der Waals surface area contributed by atoms with E-state index in [2.05, 4.69) is 15.6 Å². The molecule has 164 valence electrons. The lowest BCUT2D eigenvalue weighted by molar-refractivity contribution is 0.157. The fraction of sp³-hybridized carbons (Fsp3) is 0.545. The minimum absolute atomic E-state index is 0.0868. The standard InChI is InChI=1S/C22H28N6O2S/c1-11-18(21-27-19-12(2)23-7-6-17(19)31-21)20(26-15-8-13(10-29)9-16(15)30)28-22(24-11)25-14-4-3-5-14/h6-7,13-16,29-30H,3-5,8-10H2,1-2H3,(H2,24,25,26,28)/t13-,15+,16+/m0/s1. The van der Waals surface area contributed by atoms with E-state index in [1.165, 1.54) is 6.42 Å². The molecule has 0 radical (unpaired) electrons. The van der Waals surface area contributed by atoms with Crippen molar-refractivity contribution >= 4 is 33.3 Å². The average Bonchev–Trinajstić information content (AvgIpc) is 3.29. The van der Waals surface area contributed by atoms with Crippen LogP contribution in [-0.2, 0) is 0 Å². The number of aliphatic hydroxyl groups excluding tert-OH is 2. The van der Waals surface area contributed by atoms with E-state index in [1.54, 1.807) is 17.5 Å². The zero-order valence-electron chi connectivity index (χ0n) is 17.8. The molecule has 0 aromatic carbocycles. The third-order valence-corrected chi connectivity index (χ3v) is 7.48. The minimum atomic E-state index is -0.523. The molecule has 0 spiro atoms. The molecule has 3 heterocycles. The first-order valence-electron chi connectivity index (χ1n) is 10.9. The second-order valence-electron chi connectivity index (χ2n) is 8.73. The average molecular weight is 441 g/mol. The molecule has 5 rings (SSSR count). The Hall–Kier alpha value is -2.36. The number of hydrogen-bond donors (Lipinski definition) is 4. The summed E-state index contributed by atoms with van der Waals surface area (Å²) in [5, 5.41) is 27.8. The van der Waals surface area contributed by atoms with Gasteiger partial charge in [-0.25, -0.2) is 9.97 Å². The summed E-state index contributed by atoms with van der Waals surface area (Å²) in [6.45, 7) is 4.03. The highest BCUT2D eigenvalue weighted by atomic mass is 32.1. The molecule has 4 N–H and O–H groups in total. The number of pyridine rings is 1. The fourth-order valence-electron chi connectivity index (χ4n) is 4.42. The van der Waals surface area contributed by atoms with Crippen LogP contribution < -0.4 is 10.6 Å². The summed E-state index contributed by atoms with van der Waals surface area (Å²) in [6.07, 6.45) is 6.08. The Morgan fingerprint density at radius 3 is 2.61 bits per heavy atom. The van der Waals surface area contributed by atoms with E-state index in [0.717, 1.165) is 45.0 Å². The Balaban J connectivity index is 1.55. The van der Waals surface area contributed by atoms with Crippen molar-refractivity contribution in [2.24, 2.45) is 5.92 Å². The van der Waals surface area contributed by atoms with Gasteiger partial charge in [0.25, 0.3) is 0 Å². The van der Waals surface area contributed by atoms with Gasteiger partial charge in [-0.3, -0.25) is 4.98 Å². The summed E-state index contributed by atoms with van der Waals surface area (Å²) < 4.78 is 1.07. The zero-order valence-corrected chi connectivity index (χ0v) is 18.6. The van der Waals surface area contributed by atoms with Crippen LogP contribution in [-0.4, -0.2) is 54.9 Å². The predicted octanol–water partition coefficient (Wildman–Crippen LogP) is 3.27. The van der Waals surface area contributed by atoms with Crippen molar-refractivity contribution in [3.8, 4) is 10.6 Å². The summed E-state index contributed by atoms with van der Waals surface area (Å²) in [5.41, 5.74) is 3.49. The van der Waals surface area contributed by atoms with Crippen molar-refractivity contribution in [1.82, 2.24) is 19.9 Å². The Morgan fingerprint density at radius 2 is 1.94 bits per heavy atom. The van der Waals surface area contributed by atoms with Gasteiger partial charge in [-0.05, 0) is 57.9 Å². The molecule has 2 fully saturated rings. The molecule has 31 heavy (non-hydrogen) atoms. The van der Waals surface area contributed by atoms with Crippen LogP contribution in [0.15, 0.2) is 12.3 Å². The number of aromatic nitrogens is 4. The molecule has 2 aliphatic carbocycles. The third-order valence-electron chi connectivity index (χ3n) is 6.44. The largest absolute Gasteiger partial charge is 0.396 e. The van der Waals surface area contributed by atoms with Crippen molar-refractivity contribution in [1.29, 1.82) is 0 Å². The molecule has 0 unspecified atom stereocenters. The van der Waals surface area contributed by atoms with Crippen LogP contribution >= 0.6 is 11.3 Å². The van der Waals surface area contributed by atoms with Crippen LogP contribution in [0.4, 0.5) is 11.8 Å². The van der Waals surface area contributed by atoms with E-state index in [1.807, 2.05) is 19.9 Å². The van der Waals surface area contributed by atoms with Gasteiger partial charge in [0, 0.05) is 18.8 Å². The highest BCUT2D eigenvalue weighted by molar-refractivity contribution is 7.21. The first-order chi connectivity index (χ1) is 15.0. The highest BCUT2D eigenvalue weighted by Gasteiger charge is 2.34. The number of anilines is 2. The normalized spacial score (nSPS) is 23.8. The maximum absolute atomic E-state index is 10.5. The van der Waals surface area contributed by atoms with Crippen LogP contribution in [0.3, 0.4) is 0 Å². The molecule has 3 aromatic rings. The van der Waals surface area contributed by atoms with Gasteiger partial charge in [-0.15, -0.1) is 11.3 Å². The Labute approximate surface area is 185 Å². The van der Waals surface area contributed by atoms with Crippen molar-refractivity contribution in [3.63, 3.8) is 0 Å². The molecule has 0 aliphatic heterocycles. The quantitative estimate of drug-likeness (QED) is 0.462. The van der Waals surface area contributed by atoms with E-state index in [9.17, 15) is 10.2 Å². The molecule has 2 saturated carbocycles. The van der Waals surface area contributed by atoms with E-state index in [4.69, 9.17) is 15.0 Å². The van der Waals surface area contributed by atoms with Gasteiger partial charge >= 0.3 is 0 Å². The van der Waals surface area contributed by atoms with Crippen LogP contribution in [0.1, 0.15) is 43.5 Å². The Kier molecular flexibility index (Phi) is 5.49. The topological polar surface area (TPSA) is 116 Å². The van der Waals surface area contributed by atoms with Gasteiger partial charge in [0.15, 0.2) is 0 Å². The second-order valence-corrected chi connectivity index (χ2v) is 9.76. The molecule has 0 amide bonds. The number of aliphatic hydroxyl groups is 2. The van der Waals surface area contributed by atoms with E-state index in [0.29, 0.717) is 30.6 Å². The second kappa shape index (κ2) is 8.29. The fourth-order valence-corrected chi connectivity index (χ4v) is 5.53. The summed E-state index contributed by atoms with van der Waals surface area (Å²) in [7, 11) is 0. The van der Waals surface area contributed by atoms with Crippen LogP contribution in [0, 0.1) is 19.8 Å². The number of fused-ring (bicyclic) bond motifs is 1. The van der Waals surface area contributed by atoms with E-state index >= 15 is 0 Å². The molecule has 0 bridgehead atoms. The van der Waals surface area contributed by atoms with Gasteiger partial charge < -0.3 is 20.8 Å². The highest BCUT2D eigenvalue weighted by Crippen LogP contribution is 2.38. The first kappa shape index (κ1) is 20.5. The van der Waals surface area contributed by atoms with Gasteiger partial charge in [0.05, 0.1) is 33.8 Å². The van der Waals surface area contributed by atoms with Crippen molar-refractivity contribution in [3.05, 3.63) is 23.7 Å². The number of rotatable bonds is 6. The monoisotopic (exact) mass is 440 g/mol. The van der Waals surface area contributed by atoms with Crippen LogP contribution in [0.25, 0.3) is 20.8 Å². The molecule has 0 saturated heterocycles. The molecule has 8 nitrogen and oxygen atoms in total. The summed E-state index contributed by atoms with van der Waals surface area (Å²) in [5.74, 6) is 1.39. The van der Waals surface area contributed by atoms with Gasteiger partial charge in [0.2, 0.25) is 5.95 Å². The van der Waals surface area contributed by atoms with Crippen molar-refractivity contribution < 1.29 is 10.2 Å². The minimum Gasteiger partial charge on any atom is -0.396 e. The molecular formula is C22H28N6O2S. The van der Waals surface area contributed by atoms with Crippen molar-refractivity contribution in [2.45, 2.75) is 64.1 Å². The maximum Gasteiger partial charge on any atom is 0.225 e. The van der Waals surface area contributed by atoms with Gasteiger partial charge in [0.1, 0.15) is 16.3 Å². The van der Waals surface area contributed by atoms with Gasteiger partial charge in [-0.2, -0.15) is 4.98 Å². The van der Waals surface area contributed by atoms with E-state index < -0.39 is 6.10 Å². The lowest BCUT2D eigenvalue weighted by Crippen LogP contribution is -2.30. The van der Waals surface area contributed by atoms with Crippen LogP contribution in [0.2, 0.25) is 0 Å². The number of thiazole rings is 1. The lowest BCUT2D eigenvalue weighted by atomic mass is 9.93. The molecule has 3 aromatic heterocycles. The SMILES string of the molecule is Cc1nc(NC2CCC2)nc(N[C@@H]2C[C@H](CO)C[C@H]2O)c1-c1nc2c(C)nccc2s1. The molecule has 9 heteroatoms. The van der Waals surface area contributed by atoms with Gasteiger partial charge in [-0.1, -0.05) is 0 Å². The Morgan fingerprint density at radius 1 is 1.10 bits per heavy atom. The molecule has 3 atom stereocenters. The van der Waals surface area contributed by atoms with Crippen molar-refractivity contribution in [2.75, 3.05) is 17.2 Å². The zero-order chi connectivity index (χ0) is 21.5. The Bertz CT molecular complexity index is 1100. The first-order valence-corrected chi connectivity index (χ1v) is 11.8. The third kappa shape index (κ3) is 3.97. The number of nitrogens with zero attached hydrogens (tertiary/aromatic N) is 4. The number of aryl methyl sites for hydroxylation is 2. The summed E-state index contributed by atoms with van der Waals surface area (Å²) in [6, 6.07) is 2.23. The summed E-state index contributed by atoms with van der Waals surface area (Å²) in [4.78, 5) is 18.8. The predicted molar refractivity (Wildman–Crippen MR) is 122 cm³/mol. The molecule has 2 aliphatic rings. The number of nitrogens with one attached hydrogen (secondary N) is 2. The van der Waals surface area contributed by atoms with E-state index in [-0.39, 0.29) is 18.6 Å². The smallest absolute Gasteiger partial charge is 0.225 e. The molecular weight excluding hydrogens is 412 g/mol. The van der Waals surface area contributed by atoms with Crippen LogP contribution in [0.5, 0.6) is 0 Å². The summed E-state index contributed by atoms with van der Waals surface area (Å²) >= 11 is 1.60. The lowest BCUT2D eigenvalue weighted by Gasteiger charge is -2.27. The number of hydrogen-bond acceptors (Lipinski definition) is 9. The maximum atomic E-state index is 10.5.